The van der Waals surface area contributed by atoms with Gasteiger partial charge in [0.05, 0.1) is 0 Å². The van der Waals surface area contributed by atoms with E-state index in [1.165, 1.54) is 0 Å². The van der Waals surface area contributed by atoms with E-state index in [-0.39, 0.29) is 5.69 Å². The summed E-state index contributed by atoms with van der Waals surface area (Å²) in [6.07, 6.45) is 0. The number of hydrogen-bond donors (Lipinski definition) is 2. The number of rotatable bonds is 4. The smallest absolute Gasteiger partial charge is 0.324 e. The molecule has 1 atom stereocenters. The summed E-state index contributed by atoms with van der Waals surface area (Å²) >= 11 is 0. The Balaban J connectivity index is 1.74. The van der Waals surface area contributed by atoms with E-state index in [2.05, 4.69) is 10.6 Å². The second-order valence-electron chi connectivity index (χ2n) is 6.02. The summed E-state index contributed by atoms with van der Waals surface area (Å²) in [5.74, 6) is -3.05. The number of hydrogen-bond acceptors (Lipinski definition) is 3. The van der Waals surface area contributed by atoms with Gasteiger partial charge in [0.25, 0.3) is 5.91 Å². The Hall–Kier alpha value is -3.29. The van der Waals surface area contributed by atoms with Crippen LogP contribution in [0.4, 0.5) is 19.3 Å². The first kappa shape index (κ1) is 17.5. The van der Waals surface area contributed by atoms with Crippen LogP contribution in [0.25, 0.3) is 0 Å². The SMILES string of the molecule is CC1(c2ccccc2)NC(=O)N(CC(=O)Nc2cc(F)cc(F)c2)C1=O. The lowest BCUT2D eigenvalue weighted by atomic mass is 9.92. The van der Waals surface area contributed by atoms with Crippen molar-refractivity contribution in [2.45, 2.75) is 12.5 Å². The maximum Gasteiger partial charge on any atom is 0.325 e. The van der Waals surface area contributed by atoms with Crippen LogP contribution in [0.3, 0.4) is 0 Å². The van der Waals surface area contributed by atoms with Crippen LogP contribution >= 0.6 is 0 Å². The van der Waals surface area contributed by atoms with E-state index >= 15 is 0 Å². The fourth-order valence-corrected chi connectivity index (χ4v) is 2.78. The lowest BCUT2D eigenvalue weighted by molar-refractivity contribution is -0.133. The molecule has 1 fully saturated rings. The minimum absolute atomic E-state index is 0.106. The van der Waals surface area contributed by atoms with Crippen LogP contribution in [0.1, 0.15) is 12.5 Å². The van der Waals surface area contributed by atoms with Crippen LogP contribution in [0, 0.1) is 11.6 Å². The molecule has 1 unspecified atom stereocenters. The molecule has 8 heteroatoms. The number of anilines is 1. The number of nitrogens with one attached hydrogen (secondary N) is 2. The molecule has 0 radical (unpaired) electrons. The molecular formula is C18H15F2N3O3. The maximum absolute atomic E-state index is 13.2. The second-order valence-corrected chi connectivity index (χ2v) is 6.02. The van der Waals surface area contributed by atoms with Gasteiger partial charge in [-0.05, 0) is 24.6 Å². The summed E-state index contributed by atoms with van der Waals surface area (Å²) in [6, 6.07) is 10.4. The molecule has 0 spiro atoms. The summed E-state index contributed by atoms with van der Waals surface area (Å²) in [5, 5.41) is 4.84. The van der Waals surface area contributed by atoms with Gasteiger partial charge in [-0.2, -0.15) is 0 Å². The molecule has 6 nitrogen and oxygen atoms in total. The average Bonchev–Trinajstić information content (AvgIpc) is 2.79. The van der Waals surface area contributed by atoms with E-state index in [4.69, 9.17) is 0 Å². The molecule has 1 saturated heterocycles. The van der Waals surface area contributed by atoms with Gasteiger partial charge in [-0.15, -0.1) is 0 Å². The molecule has 1 aliphatic heterocycles. The van der Waals surface area contributed by atoms with Crippen molar-refractivity contribution in [3.05, 3.63) is 65.7 Å². The second kappa shape index (κ2) is 6.55. The van der Waals surface area contributed by atoms with Gasteiger partial charge in [-0.3, -0.25) is 14.5 Å². The van der Waals surface area contributed by atoms with Crippen LogP contribution in [-0.4, -0.2) is 29.3 Å². The molecule has 4 amide bonds. The molecule has 2 aromatic carbocycles. The fraction of sp³-hybridized carbons (Fsp3) is 0.167. The van der Waals surface area contributed by atoms with Gasteiger partial charge in [0, 0.05) is 11.8 Å². The van der Waals surface area contributed by atoms with Crippen molar-refractivity contribution in [1.82, 2.24) is 10.2 Å². The van der Waals surface area contributed by atoms with Crippen molar-refractivity contribution in [2.24, 2.45) is 0 Å². The van der Waals surface area contributed by atoms with Gasteiger partial charge in [0.15, 0.2) is 0 Å². The minimum Gasteiger partial charge on any atom is -0.324 e. The first-order valence-electron chi connectivity index (χ1n) is 7.75. The van der Waals surface area contributed by atoms with E-state index in [9.17, 15) is 23.2 Å². The highest BCUT2D eigenvalue weighted by Gasteiger charge is 2.49. The van der Waals surface area contributed by atoms with Gasteiger partial charge in [-0.25, -0.2) is 13.6 Å². The lowest BCUT2D eigenvalue weighted by Crippen LogP contribution is -2.42. The number of halogens is 2. The van der Waals surface area contributed by atoms with Crippen molar-refractivity contribution >= 4 is 23.5 Å². The van der Waals surface area contributed by atoms with Crippen molar-refractivity contribution in [2.75, 3.05) is 11.9 Å². The lowest BCUT2D eigenvalue weighted by Gasteiger charge is -2.22. The van der Waals surface area contributed by atoms with Crippen molar-refractivity contribution in [3.8, 4) is 0 Å². The predicted molar refractivity (Wildman–Crippen MR) is 89.0 cm³/mol. The third kappa shape index (κ3) is 3.26. The molecule has 1 aliphatic rings. The number of benzene rings is 2. The third-order valence-electron chi connectivity index (χ3n) is 4.07. The van der Waals surface area contributed by atoms with E-state index in [1.807, 2.05) is 0 Å². The van der Waals surface area contributed by atoms with Gasteiger partial charge < -0.3 is 10.6 Å². The molecule has 2 aromatic rings. The van der Waals surface area contributed by atoms with E-state index < -0.39 is 41.6 Å². The van der Waals surface area contributed by atoms with Crippen LogP contribution in [0.15, 0.2) is 48.5 Å². The molecule has 3 rings (SSSR count). The highest BCUT2D eigenvalue weighted by Crippen LogP contribution is 2.28. The Bertz CT molecular complexity index is 868. The summed E-state index contributed by atoms with van der Waals surface area (Å²) in [5.41, 5.74) is -0.817. The zero-order valence-corrected chi connectivity index (χ0v) is 13.8. The third-order valence-corrected chi connectivity index (χ3v) is 4.07. The summed E-state index contributed by atoms with van der Waals surface area (Å²) < 4.78 is 26.4. The molecule has 2 N–H and O–H groups in total. The standard InChI is InChI=1S/C18H15F2N3O3/c1-18(11-5-3-2-4-6-11)16(25)23(17(26)22-18)10-15(24)21-14-8-12(19)7-13(20)9-14/h2-9H,10H2,1H3,(H,21,24)(H,22,26). The Morgan fingerprint density at radius 1 is 1.12 bits per heavy atom. The normalized spacial score (nSPS) is 19.4. The highest BCUT2D eigenvalue weighted by molar-refractivity contribution is 6.10. The quantitative estimate of drug-likeness (QED) is 0.823. The number of urea groups is 1. The molecule has 0 aliphatic carbocycles. The van der Waals surface area contributed by atoms with E-state index in [0.29, 0.717) is 11.6 Å². The summed E-state index contributed by atoms with van der Waals surface area (Å²) in [7, 11) is 0. The van der Waals surface area contributed by atoms with Gasteiger partial charge in [-0.1, -0.05) is 30.3 Å². The maximum atomic E-state index is 13.2. The summed E-state index contributed by atoms with van der Waals surface area (Å²) in [6.45, 7) is 0.966. The number of imide groups is 1. The van der Waals surface area contributed by atoms with Gasteiger partial charge >= 0.3 is 6.03 Å². The Morgan fingerprint density at radius 2 is 1.73 bits per heavy atom. The van der Waals surface area contributed by atoms with E-state index in [0.717, 1.165) is 17.0 Å². The van der Waals surface area contributed by atoms with Gasteiger partial charge in [0.2, 0.25) is 5.91 Å². The Kier molecular flexibility index (Phi) is 4.41. The van der Waals surface area contributed by atoms with Crippen LogP contribution in [0.5, 0.6) is 0 Å². The molecule has 26 heavy (non-hydrogen) atoms. The predicted octanol–water partition coefficient (Wildman–Crippen LogP) is 2.37. The van der Waals surface area contributed by atoms with Crippen LogP contribution < -0.4 is 10.6 Å². The molecule has 0 aromatic heterocycles. The fourth-order valence-electron chi connectivity index (χ4n) is 2.78. The largest absolute Gasteiger partial charge is 0.325 e. The van der Waals surface area contributed by atoms with Gasteiger partial charge in [0.1, 0.15) is 23.7 Å². The highest BCUT2D eigenvalue weighted by atomic mass is 19.1. The van der Waals surface area contributed by atoms with Crippen LogP contribution in [0.2, 0.25) is 0 Å². The zero-order valence-electron chi connectivity index (χ0n) is 13.8. The molecule has 0 saturated carbocycles. The molecule has 134 valence electrons. The zero-order chi connectivity index (χ0) is 18.9. The average molecular weight is 359 g/mol. The van der Waals surface area contributed by atoms with Crippen LogP contribution in [-0.2, 0) is 15.1 Å². The molecular weight excluding hydrogens is 344 g/mol. The topological polar surface area (TPSA) is 78.5 Å². The monoisotopic (exact) mass is 359 g/mol. The summed E-state index contributed by atoms with van der Waals surface area (Å²) in [4.78, 5) is 37.7. The number of carbonyl (C=O) groups is 3. The van der Waals surface area contributed by atoms with Crippen molar-refractivity contribution in [3.63, 3.8) is 0 Å². The first-order valence-corrected chi connectivity index (χ1v) is 7.75. The van der Waals surface area contributed by atoms with Crippen molar-refractivity contribution < 1.29 is 23.2 Å². The van der Waals surface area contributed by atoms with E-state index in [1.54, 1.807) is 37.3 Å². The molecule has 1 heterocycles. The number of amides is 4. The first-order chi connectivity index (χ1) is 12.3. The Morgan fingerprint density at radius 3 is 2.35 bits per heavy atom. The Labute approximate surface area is 147 Å². The number of nitrogens with zero attached hydrogens (tertiary/aromatic N) is 1. The number of carbonyl (C=O) groups excluding carboxylic acids is 3. The molecule has 0 bridgehead atoms. The van der Waals surface area contributed by atoms with Crippen molar-refractivity contribution in [1.29, 1.82) is 0 Å². The minimum atomic E-state index is -1.29.